The minimum absolute atomic E-state index is 0.136. The molecule has 7 nitrogen and oxygen atoms in total. The van der Waals surface area contributed by atoms with Gasteiger partial charge in [-0.3, -0.25) is 19.0 Å². The van der Waals surface area contributed by atoms with E-state index < -0.39 is 0 Å². The molecule has 1 aliphatic rings. The van der Waals surface area contributed by atoms with Gasteiger partial charge in [-0.2, -0.15) is 0 Å². The van der Waals surface area contributed by atoms with Gasteiger partial charge >= 0.3 is 0 Å². The predicted octanol–water partition coefficient (Wildman–Crippen LogP) is 4.57. The van der Waals surface area contributed by atoms with Gasteiger partial charge in [0.05, 0.1) is 4.88 Å². The number of carbonyl (C=O) groups excluding carboxylic acids is 2. The van der Waals surface area contributed by atoms with E-state index in [9.17, 15) is 14.4 Å². The molecule has 1 saturated carbocycles. The summed E-state index contributed by atoms with van der Waals surface area (Å²) in [5, 5.41) is 7.48. The van der Waals surface area contributed by atoms with Crippen LogP contribution in [0, 0.1) is 0 Å². The fourth-order valence-electron chi connectivity index (χ4n) is 4.39. The van der Waals surface area contributed by atoms with Gasteiger partial charge in [-0.1, -0.05) is 30.5 Å². The second-order valence-corrected chi connectivity index (χ2v) is 9.96. The van der Waals surface area contributed by atoms with Gasteiger partial charge in [0.1, 0.15) is 9.98 Å². The molecule has 0 bridgehead atoms. The molecule has 1 fully saturated rings. The number of nitrogens with one attached hydrogen (secondary N) is 2. The molecule has 4 aromatic rings. The molecular formula is C26H23ClN4O3S. The molecule has 3 aromatic heterocycles. The fraction of sp³-hybridized carbons (Fsp3) is 0.231. The lowest BCUT2D eigenvalue weighted by atomic mass is 9.90. The first-order chi connectivity index (χ1) is 17.0. The van der Waals surface area contributed by atoms with Crippen LogP contribution in [0.3, 0.4) is 0 Å². The normalized spacial score (nSPS) is 17.7. The van der Waals surface area contributed by atoms with Gasteiger partial charge in [-0.15, -0.1) is 11.3 Å². The molecule has 1 aliphatic carbocycles. The van der Waals surface area contributed by atoms with Crippen LogP contribution < -0.4 is 16.2 Å². The number of pyridine rings is 2. The molecule has 0 aliphatic heterocycles. The van der Waals surface area contributed by atoms with Crippen molar-refractivity contribution >= 4 is 45.0 Å². The van der Waals surface area contributed by atoms with Crippen LogP contribution in [0.5, 0.6) is 0 Å². The molecular weight excluding hydrogens is 484 g/mol. The number of rotatable bonds is 5. The van der Waals surface area contributed by atoms with Crippen molar-refractivity contribution in [2.45, 2.75) is 37.8 Å². The molecule has 5 rings (SSSR count). The first-order valence-electron chi connectivity index (χ1n) is 11.4. The lowest BCUT2D eigenvalue weighted by Crippen LogP contribution is -2.53. The lowest BCUT2D eigenvalue weighted by Gasteiger charge is -2.32. The Kier molecular flexibility index (Phi) is 6.66. The van der Waals surface area contributed by atoms with E-state index in [2.05, 4.69) is 15.6 Å². The number of halogens is 1. The molecule has 178 valence electrons. The topological polar surface area (TPSA) is 93.1 Å². The van der Waals surface area contributed by atoms with Crippen molar-refractivity contribution in [3.8, 4) is 5.69 Å². The summed E-state index contributed by atoms with van der Waals surface area (Å²) in [5.41, 5.74) is 1.05. The fourth-order valence-corrected chi connectivity index (χ4v) is 5.52. The van der Waals surface area contributed by atoms with Crippen molar-refractivity contribution < 1.29 is 9.59 Å². The van der Waals surface area contributed by atoms with Gasteiger partial charge in [0.15, 0.2) is 0 Å². The first kappa shape index (κ1) is 23.3. The summed E-state index contributed by atoms with van der Waals surface area (Å²) in [7, 11) is 0. The zero-order chi connectivity index (χ0) is 24.4. The van der Waals surface area contributed by atoms with Crippen LogP contribution in [0.4, 0.5) is 0 Å². The number of carbonyl (C=O) groups is 2. The average Bonchev–Trinajstić information content (AvgIpc) is 3.29. The quantitative estimate of drug-likeness (QED) is 0.388. The summed E-state index contributed by atoms with van der Waals surface area (Å²) in [6.07, 6.45) is 5.24. The molecule has 0 spiro atoms. The van der Waals surface area contributed by atoms with Gasteiger partial charge < -0.3 is 10.6 Å². The van der Waals surface area contributed by atoms with E-state index in [4.69, 9.17) is 11.6 Å². The summed E-state index contributed by atoms with van der Waals surface area (Å²) in [4.78, 5) is 43.5. The highest BCUT2D eigenvalue weighted by Crippen LogP contribution is 2.26. The molecule has 3 heterocycles. The van der Waals surface area contributed by atoms with Crippen molar-refractivity contribution in [3.63, 3.8) is 0 Å². The largest absolute Gasteiger partial charge is 0.347 e. The summed E-state index contributed by atoms with van der Waals surface area (Å²) in [6.45, 7) is 0. The van der Waals surface area contributed by atoms with Crippen LogP contribution in [0.1, 0.15) is 45.7 Å². The molecule has 2 atom stereocenters. The number of hydrogen-bond acceptors (Lipinski definition) is 5. The van der Waals surface area contributed by atoms with Crippen LogP contribution in [-0.2, 0) is 0 Å². The molecule has 1 aromatic carbocycles. The third-order valence-corrected chi connectivity index (χ3v) is 7.46. The van der Waals surface area contributed by atoms with Gasteiger partial charge in [-0.05, 0) is 61.4 Å². The number of hydrogen-bond donors (Lipinski definition) is 2. The molecule has 2 N–H and O–H groups in total. The van der Waals surface area contributed by atoms with Crippen molar-refractivity contribution in [1.82, 2.24) is 20.2 Å². The minimum atomic E-state index is -0.205. The maximum Gasteiger partial charge on any atom is 0.261 e. The van der Waals surface area contributed by atoms with Crippen LogP contribution in [0.2, 0.25) is 5.15 Å². The van der Waals surface area contributed by atoms with Crippen LogP contribution in [-0.4, -0.2) is 33.4 Å². The Morgan fingerprint density at radius 1 is 0.943 bits per heavy atom. The number of fused-ring (bicyclic) bond motifs is 1. The maximum absolute atomic E-state index is 13.0. The molecule has 35 heavy (non-hydrogen) atoms. The Morgan fingerprint density at radius 3 is 2.37 bits per heavy atom. The minimum Gasteiger partial charge on any atom is -0.347 e. The molecule has 9 heteroatoms. The van der Waals surface area contributed by atoms with E-state index in [1.807, 2.05) is 12.1 Å². The van der Waals surface area contributed by atoms with E-state index in [-0.39, 0.29) is 29.5 Å². The maximum atomic E-state index is 13.0. The second kappa shape index (κ2) is 10.0. The molecule has 0 radical (unpaired) electrons. The van der Waals surface area contributed by atoms with Crippen LogP contribution in [0.15, 0.2) is 71.7 Å². The first-order valence-corrected chi connectivity index (χ1v) is 12.6. The highest BCUT2D eigenvalue weighted by molar-refractivity contribution is 7.20. The Bertz CT molecular complexity index is 1450. The van der Waals surface area contributed by atoms with Crippen LogP contribution in [0.25, 0.3) is 15.9 Å². The Labute approximate surface area is 210 Å². The lowest BCUT2D eigenvalue weighted by molar-refractivity contribution is 0.0865. The third-order valence-electron chi connectivity index (χ3n) is 6.20. The van der Waals surface area contributed by atoms with Gasteiger partial charge in [0.2, 0.25) is 0 Å². The summed E-state index contributed by atoms with van der Waals surface area (Å²) in [5.74, 6) is -0.378. The molecule has 2 unspecified atom stereocenters. The summed E-state index contributed by atoms with van der Waals surface area (Å²) in [6, 6.07) is 16.9. The van der Waals surface area contributed by atoms with Crippen molar-refractivity contribution in [2.75, 3.05) is 0 Å². The highest BCUT2D eigenvalue weighted by atomic mass is 35.5. The zero-order valence-corrected chi connectivity index (χ0v) is 20.3. The molecule has 0 saturated heterocycles. The van der Waals surface area contributed by atoms with Crippen LogP contribution >= 0.6 is 22.9 Å². The number of benzene rings is 1. The van der Waals surface area contributed by atoms with E-state index in [0.29, 0.717) is 21.3 Å². The second-order valence-electron chi connectivity index (χ2n) is 8.54. The average molecular weight is 507 g/mol. The smallest absolute Gasteiger partial charge is 0.261 e. The standard InChI is InChI=1S/C26H23ClN4O3S/c27-22-13-10-17-15-21(35-26(17)30-22)25(34)29-20-6-2-1-5-19(20)28-24(33)16-8-11-18(12-9-16)31-14-4-3-7-23(31)32/h3-4,7-15,19-20H,1-2,5-6H2,(H,28,33)(H,29,34). The summed E-state index contributed by atoms with van der Waals surface area (Å²) >= 11 is 7.27. The van der Waals surface area contributed by atoms with Crippen molar-refractivity contribution in [1.29, 1.82) is 0 Å². The van der Waals surface area contributed by atoms with E-state index in [0.717, 1.165) is 35.9 Å². The van der Waals surface area contributed by atoms with Gasteiger partial charge in [0.25, 0.3) is 17.4 Å². The SMILES string of the molecule is O=C(NC1CCCCC1NC(=O)c1cc2ccc(Cl)nc2s1)c1ccc(-n2ccccc2=O)cc1. The van der Waals surface area contributed by atoms with Gasteiger partial charge in [0, 0.05) is 41.0 Å². The Hall–Kier alpha value is -3.49. The van der Waals surface area contributed by atoms with E-state index in [1.54, 1.807) is 48.7 Å². The molecule has 2 amide bonds. The summed E-state index contributed by atoms with van der Waals surface area (Å²) < 4.78 is 1.52. The van der Waals surface area contributed by atoms with Crippen molar-refractivity contribution in [2.24, 2.45) is 0 Å². The monoisotopic (exact) mass is 506 g/mol. The zero-order valence-electron chi connectivity index (χ0n) is 18.7. The Morgan fingerprint density at radius 2 is 1.66 bits per heavy atom. The number of thiophene rings is 1. The number of amides is 2. The third kappa shape index (κ3) is 5.13. The van der Waals surface area contributed by atoms with E-state index >= 15 is 0 Å². The number of aromatic nitrogens is 2. The van der Waals surface area contributed by atoms with Gasteiger partial charge in [-0.25, -0.2) is 4.98 Å². The Balaban J connectivity index is 1.27. The highest BCUT2D eigenvalue weighted by Gasteiger charge is 2.29. The van der Waals surface area contributed by atoms with E-state index in [1.165, 1.54) is 22.0 Å². The number of nitrogens with zero attached hydrogens (tertiary/aromatic N) is 2. The predicted molar refractivity (Wildman–Crippen MR) is 138 cm³/mol. The van der Waals surface area contributed by atoms with Crippen molar-refractivity contribution in [3.05, 3.63) is 92.8 Å².